The van der Waals surface area contributed by atoms with Gasteiger partial charge in [0.05, 0.1) is 18.4 Å². The maximum Gasteiger partial charge on any atom is 0.409 e. The summed E-state index contributed by atoms with van der Waals surface area (Å²) in [4.78, 5) is 14.0. The number of carbonyl (C=O) groups is 1. The van der Waals surface area contributed by atoms with Crippen molar-refractivity contribution in [3.63, 3.8) is 0 Å². The monoisotopic (exact) mass is 435 g/mol. The number of likely N-dealkylation sites (tertiary alicyclic amines) is 1. The molecule has 0 radical (unpaired) electrons. The SMILES string of the molecule is CCOC(=O)N1CCC2(CC1)Oc1ccccc1C1CC(c3ccc4c(c3)OCO4)=NN12. The minimum absolute atomic E-state index is 0.0921. The van der Waals surface area contributed by atoms with Crippen molar-refractivity contribution in [3.05, 3.63) is 53.6 Å². The molecule has 0 aliphatic carbocycles. The van der Waals surface area contributed by atoms with E-state index in [0.29, 0.717) is 32.5 Å². The van der Waals surface area contributed by atoms with Gasteiger partial charge >= 0.3 is 6.09 Å². The van der Waals surface area contributed by atoms with Crippen LogP contribution in [0.4, 0.5) is 4.79 Å². The number of piperidine rings is 1. The first-order valence-corrected chi connectivity index (χ1v) is 11.1. The fourth-order valence-corrected chi connectivity index (χ4v) is 5.06. The minimum atomic E-state index is -0.583. The molecule has 4 aliphatic heterocycles. The van der Waals surface area contributed by atoms with Gasteiger partial charge in [-0.25, -0.2) is 9.80 Å². The third-order valence-electron chi connectivity index (χ3n) is 6.68. The molecule has 6 rings (SSSR count). The van der Waals surface area contributed by atoms with Crippen LogP contribution in [-0.2, 0) is 4.74 Å². The molecule has 4 heterocycles. The number of carbonyl (C=O) groups excluding carboxylic acids is 1. The molecule has 32 heavy (non-hydrogen) atoms. The molecular weight excluding hydrogens is 410 g/mol. The average molecular weight is 435 g/mol. The summed E-state index contributed by atoms with van der Waals surface area (Å²) in [6.45, 7) is 3.59. The Morgan fingerprint density at radius 3 is 2.78 bits per heavy atom. The summed E-state index contributed by atoms with van der Waals surface area (Å²) in [5.74, 6) is 2.42. The molecule has 0 saturated carbocycles. The van der Waals surface area contributed by atoms with E-state index in [1.165, 1.54) is 0 Å². The van der Waals surface area contributed by atoms with Crippen molar-refractivity contribution in [1.29, 1.82) is 0 Å². The molecule has 2 aromatic rings. The smallest absolute Gasteiger partial charge is 0.409 e. The zero-order valence-electron chi connectivity index (χ0n) is 18.0. The van der Waals surface area contributed by atoms with Gasteiger partial charge in [0.2, 0.25) is 12.5 Å². The lowest BCUT2D eigenvalue weighted by molar-refractivity contribution is -0.147. The maximum absolute atomic E-state index is 12.2. The largest absolute Gasteiger partial charge is 0.466 e. The Kier molecular flexibility index (Phi) is 4.41. The van der Waals surface area contributed by atoms with E-state index in [2.05, 4.69) is 11.1 Å². The normalized spacial score (nSPS) is 22.2. The van der Waals surface area contributed by atoms with Crippen LogP contribution in [0, 0.1) is 0 Å². The van der Waals surface area contributed by atoms with Gasteiger partial charge in [-0.05, 0) is 31.2 Å². The second kappa shape index (κ2) is 7.32. The van der Waals surface area contributed by atoms with Crippen LogP contribution in [0.25, 0.3) is 0 Å². The van der Waals surface area contributed by atoms with Crippen LogP contribution in [0.5, 0.6) is 17.2 Å². The number of rotatable bonds is 2. The summed E-state index contributed by atoms with van der Waals surface area (Å²) in [7, 11) is 0. The van der Waals surface area contributed by atoms with Crippen molar-refractivity contribution in [3.8, 4) is 17.2 Å². The van der Waals surface area contributed by atoms with E-state index in [1.54, 1.807) is 4.90 Å². The molecule has 8 heteroatoms. The number of nitrogens with zero attached hydrogens (tertiary/aromatic N) is 3. The van der Waals surface area contributed by atoms with Gasteiger partial charge < -0.3 is 23.8 Å². The molecule has 1 unspecified atom stereocenters. The van der Waals surface area contributed by atoms with Gasteiger partial charge in [-0.3, -0.25) is 0 Å². The van der Waals surface area contributed by atoms with Gasteiger partial charge in [0.1, 0.15) is 5.75 Å². The van der Waals surface area contributed by atoms with Crippen molar-refractivity contribution in [2.75, 3.05) is 26.5 Å². The van der Waals surface area contributed by atoms with E-state index < -0.39 is 5.72 Å². The Morgan fingerprint density at radius 2 is 1.94 bits per heavy atom. The Labute approximate surface area is 186 Å². The number of para-hydroxylation sites is 1. The van der Waals surface area contributed by atoms with Crippen molar-refractivity contribution in [2.24, 2.45) is 5.10 Å². The van der Waals surface area contributed by atoms with Crippen LogP contribution in [0.2, 0.25) is 0 Å². The molecule has 1 amide bonds. The highest BCUT2D eigenvalue weighted by molar-refractivity contribution is 6.02. The standard InChI is InChI=1S/C24H25N3O5/c1-2-29-23(28)26-11-9-24(10-12-26)27-19(17-5-3-4-6-20(17)32-24)14-18(25-27)16-7-8-21-22(13-16)31-15-30-21/h3-8,13,19H,2,9-12,14-15H2,1H3. The molecule has 166 valence electrons. The van der Waals surface area contributed by atoms with E-state index in [9.17, 15) is 4.79 Å². The molecular formula is C24H25N3O5. The van der Waals surface area contributed by atoms with Crippen molar-refractivity contribution >= 4 is 11.8 Å². The molecule has 2 aromatic carbocycles. The van der Waals surface area contributed by atoms with Gasteiger partial charge in [-0.1, -0.05) is 18.2 Å². The first kappa shape index (κ1) is 19.3. The summed E-state index contributed by atoms with van der Waals surface area (Å²) in [5, 5.41) is 7.22. The molecule has 0 bridgehead atoms. The third kappa shape index (κ3) is 2.97. The number of hydrogen-bond donors (Lipinski definition) is 0. The summed E-state index contributed by atoms with van der Waals surface area (Å²) in [6, 6.07) is 14.3. The molecule has 8 nitrogen and oxygen atoms in total. The molecule has 4 aliphatic rings. The number of hydrazone groups is 1. The molecule has 1 spiro atoms. The lowest BCUT2D eigenvalue weighted by atomic mass is 9.91. The highest BCUT2D eigenvalue weighted by Gasteiger charge is 2.52. The number of fused-ring (bicyclic) bond motifs is 5. The van der Waals surface area contributed by atoms with E-state index in [-0.39, 0.29) is 18.9 Å². The van der Waals surface area contributed by atoms with Crippen LogP contribution in [0.3, 0.4) is 0 Å². The number of amides is 1. The van der Waals surface area contributed by atoms with Gasteiger partial charge in [0.25, 0.3) is 0 Å². The van der Waals surface area contributed by atoms with Crippen molar-refractivity contribution in [2.45, 2.75) is 38.0 Å². The van der Waals surface area contributed by atoms with Crippen molar-refractivity contribution in [1.82, 2.24) is 9.91 Å². The zero-order chi connectivity index (χ0) is 21.7. The summed E-state index contributed by atoms with van der Waals surface area (Å²) in [6.07, 6.45) is 1.84. The zero-order valence-corrected chi connectivity index (χ0v) is 18.0. The van der Waals surface area contributed by atoms with Crippen molar-refractivity contribution < 1.29 is 23.7 Å². The lowest BCUT2D eigenvalue weighted by Gasteiger charge is -2.50. The van der Waals surface area contributed by atoms with Gasteiger partial charge in [0.15, 0.2) is 11.5 Å². The fourth-order valence-electron chi connectivity index (χ4n) is 5.06. The van der Waals surface area contributed by atoms with E-state index in [0.717, 1.165) is 40.5 Å². The van der Waals surface area contributed by atoms with Crippen LogP contribution in [0.15, 0.2) is 47.6 Å². The third-order valence-corrected chi connectivity index (χ3v) is 6.68. The first-order chi connectivity index (χ1) is 15.7. The molecule has 1 fully saturated rings. The predicted molar refractivity (Wildman–Crippen MR) is 116 cm³/mol. The summed E-state index contributed by atoms with van der Waals surface area (Å²) in [5.41, 5.74) is 2.59. The second-order valence-electron chi connectivity index (χ2n) is 8.45. The summed E-state index contributed by atoms with van der Waals surface area (Å²) < 4.78 is 22.8. The number of benzene rings is 2. The minimum Gasteiger partial charge on any atom is -0.466 e. The van der Waals surface area contributed by atoms with E-state index in [4.69, 9.17) is 24.0 Å². The maximum atomic E-state index is 12.2. The van der Waals surface area contributed by atoms with Gasteiger partial charge in [0, 0.05) is 43.5 Å². The topological polar surface area (TPSA) is 72.8 Å². The quantitative estimate of drug-likeness (QED) is 0.712. The van der Waals surface area contributed by atoms with Crippen LogP contribution in [0.1, 0.15) is 43.4 Å². The molecule has 0 N–H and O–H groups in total. The molecule has 1 saturated heterocycles. The Bertz CT molecular complexity index is 1090. The number of ether oxygens (including phenoxy) is 4. The Hall–Kier alpha value is -3.42. The van der Waals surface area contributed by atoms with Crippen LogP contribution < -0.4 is 14.2 Å². The van der Waals surface area contributed by atoms with Gasteiger partial charge in [-0.15, -0.1) is 0 Å². The average Bonchev–Trinajstić information content (AvgIpc) is 3.47. The van der Waals surface area contributed by atoms with Crippen LogP contribution in [-0.4, -0.2) is 53.9 Å². The lowest BCUT2D eigenvalue weighted by Crippen LogP contribution is -2.59. The van der Waals surface area contributed by atoms with E-state index >= 15 is 0 Å². The highest BCUT2D eigenvalue weighted by Crippen LogP contribution is 2.50. The highest BCUT2D eigenvalue weighted by atomic mass is 16.7. The van der Waals surface area contributed by atoms with Gasteiger partial charge in [-0.2, -0.15) is 5.10 Å². The van der Waals surface area contributed by atoms with E-state index in [1.807, 2.05) is 43.3 Å². The molecule has 0 aromatic heterocycles. The fraction of sp³-hybridized carbons (Fsp3) is 0.417. The Balaban J connectivity index is 1.34. The first-order valence-electron chi connectivity index (χ1n) is 11.1. The number of hydrogen-bond acceptors (Lipinski definition) is 7. The second-order valence-corrected chi connectivity index (χ2v) is 8.45. The Morgan fingerprint density at radius 1 is 1.12 bits per heavy atom. The van der Waals surface area contributed by atoms with Crippen LogP contribution >= 0.6 is 0 Å². The summed E-state index contributed by atoms with van der Waals surface area (Å²) >= 11 is 0. The predicted octanol–water partition coefficient (Wildman–Crippen LogP) is 3.91. The molecule has 1 atom stereocenters.